The number of para-hydroxylation sites is 1. The number of hydrogen-bond donors (Lipinski definition) is 1. The third kappa shape index (κ3) is 2.60. The number of ketones is 1. The molecule has 0 radical (unpaired) electrons. The first kappa shape index (κ1) is 20.5. The quantitative estimate of drug-likeness (QED) is 0.727. The van der Waals surface area contributed by atoms with Gasteiger partial charge in [0, 0.05) is 28.9 Å². The van der Waals surface area contributed by atoms with E-state index in [-0.39, 0.29) is 35.7 Å². The summed E-state index contributed by atoms with van der Waals surface area (Å²) in [7, 11) is 0. The van der Waals surface area contributed by atoms with Crippen LogP contribution in [-0.4, -0.2) is 18.2 Å². The van der Waals surface area contributed by atoms with Gasteiger partial charge in [0.05, 0.1) is 17.8 Å². The van der Waals surface area contributed by atoms with Gasteiger partial charge in [0.15, 0.2) is 5.78 Å². The summed E-state index contributed by atoms with van der Waals surface area (Å²) >= 11 is 0. The zero-order chi connectivity index (χ0) is 23.3. The van der Waals surface area contributed by atoms with E-state index in [2.05, 4.69) is 12.0 Å². The molecule has 2 N–H and O–H groups in total. The monoisotopic (exact) mass is 438 g/mol. The minimum Gasteiger partial charge on any atom is -0.384 e. The molecule has 33 heavy (non-hydrogen) atoms. The zero-order valence-corrected chi connectivity index (χ0v) is 17.6. The average Bonchev–Trinajstić information content (AvgIpc) is 3.04. The van der Waals surface area contributed by atoms with E-state index < -0.39 is 17.1 Å². The molecule has 1 atom stereocenters. The van der Waals surface area contributed by atoms with E-state index >= 15 is 0 Å². The van der Waals surface area contributed by atoms with Crippen LogP contribution < -0.4 is 15.5 Å². The highest BCUT2D eigenvalue weighted by Crippen LogP contribution is 2.56. The van der Waals surface area contributed by atoms with Gasteiger partial charge in [-0.15, -0.1) is 6.42 Å². The minimum atomic E-state index is -1.68. The van der Waals surface area contributed by atoms with Crippen molar-refractivity contribution in [2.45, 2.75) is 24.7 Å². The lowest BCUT2D eigenvalue weighted by molar-refractivity contribution is -0.124. The van der Waals surface area contributed by atoms with E-state index in [0.29, 0.717) is 35.5 Å². The molecule has 1 aliphatic carbocycles. The number of fused-ring (bicyclic) bond motifs is 3. The first-order valence-corrected chi connectivity index (χ1v) is 10.5. The lowest BCUT2D eigenvalue weighted by Crippen LogP contribution is -2.52. The number of benzene rings is 2. The maximum Gasteiger partial charge on any atom is 0.248 e. The molecule has 3 aliphatic rings. The molecule has 0 aromatic heterocycles. The Morgan fingerprint density at radius 2 is 1.94 bits per heavy atom. The summed E-state index contributed by atoms with van der Waals surface area (Å²) in [5.74, 6) is 1.31. The van der Waals surface area contributed by atoms with E-state index in [1.807, 2.05) is 0 Å². The molecule has 0 fully saturated rings. The summed E-state index contributed by atoms with van der Waals surface area (Å²) in [6.45, 7) is -0.0133. The van der Waals surface area contributed by atoms with Crippen LogP contribution in [-0.2, 0) is 15.0 Å². The Labute approximate surface area is 190 Å². The van der Waals surface area contributed by atoms with Gasteiger partial charge in [0.1, 0.15) is 23.1 Å². The number of nitrogens with zero attached hydrogens (tertiary/aromatic N) is 3. The third-order valence-electron chi connectivity index (χ3n) is 6.49. The third-order valence-corrected chi connectivity index (χ3v) is 6.49. The number of allylic oxidation sites excluding steroid dienone is 1. The fourth-order valence-electron chi connectivity index (χ4n) is 5.29. The van der Waals surface area contributed by atoms with Crippen LogP contribution in [0.2, 0.25) is 0 Å². The molecule has 1 spiro atoms. The van der Waals surface area contributed by atoms with Gasteiger partial charge in [0.2, 0.25) is 5.91 Å². The predicted octanol–water partition coefficient (Wildman–Crippen LogP) is 3.26. The molecular formula is C26H19FN4O2. The Morgan fingerprint density at radius 1 is 1.15 bits per heavy atom. The highest BCUT2D eigenvalue weighted by atomic mass is 19.1. The molecule has 2 heterocycles. The number of hydrogen-bond acceptors (Lipinski definition) is 5. The SMILES string of the molecule is C#CCN1C(=O)C2(C(C#N)=C(N)N(c3cccc(F)c3)C3=C2C(=O)CCC3)c2ccccc21. The number of carbonyl (C=O) groups excluding carboxylic acids is 2. The largest absolute Gasteiger partial charge is 0.384 e. The lowest BCUT2D eigenvalue weighted by Gasteiger charge is -2.43. The molecule has 1 unspecified atom stereocenters. The van der Waals surface area contributed by atoms with E-state index in [0.717, 1.165) is 0 Å². The number of nitrogens with two attached hydrogens (primary N) is 1. The van der Waals surface area contributed by atoms with Crippen LogP contribution >= 0.6 is 0 Å². The van der Waals surface area contributed by atoms with Crippen molar-refractivity contribution < 1.29 is 14.0 Å². The number of Topliss-reactive ketones (excluding diaryl/α,β-unsaturated/α-hetero) is 1. The Hall–Kier alpha value is -4.36. The van der Waals surface area contributed by atoms with Crippen LogP contribution in [0, 0.1) is 29.5 Å². The fourth-order valence-corrected chi connectivity index (χ4v) is 5.29. The van der Waals surface area contributed by atoms with Crippen molar-refractivity contribution in [2.24, 2.45) is 5.73 Å². The maximum atomic E-state index is 14.1. The Balaban J connectivity index is 1.89. The van der Waals surface area contributed by atoms with Gasteiger partial charge in [-0.3, -0.25) is 19.4 Å². The maximum absolute atomic E-state index is 14.1. The van der Waals surface area contributed by atoms with Crippen LogP contribution in [0.15, 0.2) is 71.2 Å². The number of amides is 1. The van der Waals surface area contributed by atoms with Gasteiger partial charge in [-0.2, -0.15) is 5.26 Å². The van der Waals surface area contributed by atoms with Gasteiger partial charge in [-0.25, -0.2) is 4.39 Å². The van der Waals surface area contributed by atoms with Crippen molar-refractivity contribution in [3.8, 4) is 18.4 Å². The number of nitriles is 1. The number of halogens is 1. The fraction of sp³-hybridized carbons (Fsp3) is 0.192. The molecule has 1 amide bonds. The minimum absolute atomic E-state index is 0.00209. The predicted molar refractivity (Wildman–Crippen MR) is 121 cm³/mol. The van der Waals surface area contributed by atoms with Crippen molar-refractivity contribution in [1.29, 1.82) is 5.26 Å². The molecule has 2 aliphatic heterocycles. The van der Waals surface area contributed by atoms with Crippen molar-refractivity contribution >= 4 is 23.1 Å². The Bertz CT molecular complexity index is 1380. The van der Waals surface area contributed by atoms with Gasteiger partial charge in [0.25, 0.3) is 0 Å². The topological polar surface area (TPSA) is 90.4 Å². The number of anilines is 2. The Kier molecular flexibility index (Phi) is 4.58. The van der Waals surface area contributed by atoms with E-state index in [1.165, 1.54) is 23.1 Å². The summed E-state index contributed by atoms with van der Waals surface area (Å²) in [6.07, 6.45) is 6.78. The van der Waals surface area contributed by atoms with Crippen molar-refractivity contribution in [2.75, 3.05) is 16.3 Å². The van der Waals surface area contributed by atoms with Crippen LogP contribution in [0.1, 0.15) is 24.8 Å². The molecule has 6 nitrogen and oxygen atoms in total. The molecule has 5 rings (SSSR count). The second kappa shape index (κ2) is 7.36. The van der Waals surface area contributed by atoms with Gasteiger partial charge in [-0.05, 0) is 37.1 Å². The van der Waals surface area contributed by atoms with E-state index in [1.54, 1.807) is 35.2 Å². The van der Waals surface area contributed by atoms with Crippen LogP contribution in [0.3, 0.4) is 0 Å². The zero-order valence-electron chi connectivity index (χ0n) is 17.6. The molecule has 0 saturated carbocycles. The smallest absolute Gasteiger partial charge is 0.248 e. The van der Waals surface area contributed by atoms with Gasteiger partial charge < -0.3 is 5.73 Å². The molecule has 2 aromatic carbocycles. The number of carbonyl (C=O) groups is 2. The summed E-state index contributed by atoms with van der Waals surface area (Å²) in [4.78, 5) is 30.5. The second-order valence-corrected chi connectivity index (χ2v) is 8.15. The van der Waals surface area contributed by atoms with Crippen molar-refractivity contribution in [1.82, 2.24) is 0 Å². The van der Waals surface area contributed by atoms with Gasteiger partial charge in [-0.1, -0.05) is 30.2 Å². The van der Waals surface area contributed by atoms with E-state index in [9.17, 15) is 19.2 Å². The van der Waals surface area contributed by atoms with Crippen LogP contribution in [0.4, 0.5) is 15.8 Å². The summed E-state index contributed by atoms with van der Waals surface area (Å²) in [6, 6.07) is 14.9. The van der Waals surface area contributed by atoms with Crippen molar-refractivity contribution in [3.05, 3.63) is 82.6 Å². The highest BCUT2D eigenvalue weighted by Gasteiger charge is 2.62. The Morgan fingerprint density at radius 3 is 2.67 bits per heavy atom. The first-order valence-electron chi connectivity index (χ1n) is 10.5. The van der Waals surface area contributed by atoms with Crippen LogP contribution in [0.5, 0.6) is 0 Å². The summed E-state index contributed by atoms with van der Waals surface area (Å²) < 4.78 is 14.1. The van der Waals surface area contributed by atoms with Crippen molar-refractivity contribution in [3.63, 3.8) is 0 Å². The number of rotatable bonds is 2. The molecule has 0 bridgehead atoms. The summed E-state index contributed by atoms with van der Waals surface area (Å²) in [5.41, 5.74) is 7.00. The normalized spacial score (nSPS) is 21.8. The second-order valence-electron chi connectivity index (χ2n) is 8.15. The molecular weight excluding hydrogens is 419 g/mol. The standard InChI is InChI=1S/C26H19FN4O2/c1-2-13-30-20-10-4-3-9-18(20)26(25(30)33)19(15-28)24(29)31(17-8-5-7-16(27)14-17)21-11-6-12-22(32)23(21)26/h1,3-5,7-10,14H,6,11-13,29H2. The first-order chi connectivity index (χ1) is 16.0. The highest BCUT2D eigenvalue weighted by molar-refractivity contribution is 6.20. The van der Waals surface area contributed by atoms with Crippen LogP contribution in [0.25, 0.3) is 0 Å². The van der Waals surface area contributed by atoms with Gasteiger partial charge >= 0.3 is 0 Å². The number of terminal acetylenes is 1. The molecule has 7 heteroatoms. The molecule has 162 valence electrons. The molecule has 2 aromatic rings. The lowest BCUT2D eigenvalue weighted by atomic mass is 9.64. The molecule has 0 saturated heterocycles. The summed E-state index contributed by atoms with van der Waals surface area (Å²) in [5, 5.41) is 10.3. The average molecular weight is 438 g/mol. The van der Waals surface area contributed by atoms with E-state index in [4.69, 9.17) is 12.2 Å².